The number of piperidine rings is 1. The van der Waals surface area contributed by atoms with Crippen LogP contribution in [0.3, 0.4) is 0 Å². The summed E-state index contributed by atoms with van der Waals surface area (Å²) in [5.41, 5.74) is 5.57. The van der Waals surface area contributed by atoms with Crippen molar-refractivity contribution >= 4 is 30.7 Å². The van der Waals surface area contributed by atoms with Crippen molar-refractivity contribution in [3.8, 4) is 0 Å². The predicted octanol–water partition coefficient (Wildman–Crippen LogP) is 0.807. The molecule has 21 heavy (non-hydrogen) atoms. The van der Waals surface area contributed by atoms with E-state index in [1.807, 2.05) is 0 Å². The first kappa shape index (κ1) is 20.9. The molecule has 0 radical (unpaired) electrons. The standard InChI is InChI=1S/C14H28N4O.2ClH/c1-13-4-2-3-6-18(13)14(19)12-17-10-8-16(7-5-15)9-11-17;;/h13H,2-12,15H2,1H3;2*1H. The second-order valence-electron chi connectivity index (χ2n) is 5.84. The Labute approximate surface area is 141 Å². The molecule has 2 aliphatic heterocycles. The van der Waals surface area contributed by atoms with Gasteiger partial charge >= 0.3 is 0 Å². The Morgan fingerprint density at radius 1 is 1.05 bits per heavy atom. The number of halogens is 2. The fourth-order valence-corrected chi connectivity index (χ4v) is 3.10. The maximum Gasteiger partial charge on any atom is 0.236 e. The van der Waals surface area contributed by atoms with Gasteiger partial charge in [-0.25, -0.2) is 0 Å². The number of rotatable bonds is 4. The third kappa shape index (κ3) is 6.28. The van der Waals surface area contributed by atoms with E-state index in [1.54, 1.807) is 0 Å². The second-order valence-corrected chi connectivity index (χ2v) is 5.84. The summed E-state index contributed by atoms with van der Waals surface area (Å²) in [7, 11) is 0. The lowest BCUT2D eigenvalue weighted by atomic mass is 10.0. The summed E-state index contributed by atoms with van der Waals surface area (Å²) in [6, 6.07) is 0.430. The largest absolute Gasteiger partial charge is 0.339 e. The first-order chi connectivity index (χ1) is 9.20. The topological polar surface area (TPSA) is 52.8 Å². The van der Waals surface area contributed by atoms with E-state index in [9.17, 15) is 4.79 Å². The van der Waals surface area contributed by atoms with Crippen LogP contribution in [0.25, 0.3) is 0 Å². The number of carbonyl (C=O) groups excluding carboxylic acids is 1. The van der Waals surface area contributed by atoms with E-state index in [-0.39, 0.29) is 24.8 Å². The van der Waals surface area contributed by atoms with E-state index in [1.165, 1.54) is 12.8 Å². The molecule has 0 bridgehead atoms. The van der Waals surface area contributed by atoms with Gasteiger partial charge in [0.1, 0.15) is 0 Å². The number of likely N-dealkylation sites (tertiary alicyclic amines) is 1. The Hall–Kier alpha value is -0.0700. The highest BCUT2D eigenvalue weighted by Crippen LogP contribution is 2.16. The van der Waals surface area contributed by atoms with Gasteiger partial charge in [0.2, 0.25) is 5.91 Å². The molecular formula is C14H30Cl2N4O. The van der Waals surface area contributed by atoms with Crippen LogP contribution >= 0.6 is 24.8 Å². The molecule has 5 nitrogen and oxygen atoms in total. The van der Waals surface area contributed by atoms with E-state index in [4.69, 9.17) is 5.73 Å². The molecular weight excluding hydrogens is 311 g/mol. The van der Waals surface area contributed by atoms with Crippen LogP contribution in [0.15, 0.2) is 0 Å². The molecule has 0 aromatic carbocycles. The molecule has 0 aliphatic carbocycles. The Bertz CT molecular complexity index is 299. The van der Waals surface area contributed by atoms with Crippen molar-refractivity contribution in [3.05, 3.63) is 0 Å². The summed E-state index contributed by atoms with van der Waals surface area (Å²) in [6.07, 6.45) is 3.60. The number of nitrogens with two attached hydrogens (primary N) is 1. The number of hydrogen-bond donors (Lipinski definition) is 1. The van der Waals surface area contributed by atoms with Crippen molar-refractivity contribution in [1.29, 1.82) is 0 Å². The van der Waals surface area contributed by atoms with Crippen molar-refractivity contribution < 1.29 is 4.79 Å². The smallest absolute Gasteiger partial charge is 0.236 e. The molecule has 2 saturated heterocycles. The van der Waals surface area contributed by atoms with Crippen LogP contribution in [-0.2, 0) is 4.79 Å². The number of hydrogen-bond acceptors (Lipinski definition) is 4. The minimum Gasteiger partial charge on any atom is -0.339 e. The van der Waals surface area contributed by atoms with Gasteiger partial charge in [0.05, 0.1) is 6.54 Å². The Morgan fingerprint density at radius 2 is 1.67 bits per heavy atom. The van der Waals surface area contributed by atoms with Crippen molar-refractivity contribution in [2.24, 2.45) is 5.73 Å². The zero-order chi connectivity index (χ0) is 13.7. The molecule has 0 spiro atoms. The van der Waals surface area contributed by atoms with Gasteiger partial charge in [-0.2, -0.15) is 0 Å². The van der Waals surface area contributed by atoms with Crippen molar-refractivity contribution in [3.63, 3.8) is 0 Å². The quantitative estimate of drug-likeness (QED) is 0.822. The molecule has 2 heterocycles. The molecule has 126 valence electrons. The third-order valence-corrected chi connectivity index (χ3v) is 4.39. The zero-order valence-electron chi connectivity index (χ0n) is 13.0. The van der Waals surface area contributed by atoms with Crippen molar-refractivity contribution in [2.45, 2.75) is 32.2 Å². The van der Waals surface area contributed by atoms with E-state index in [0.29, 0.717) is 18.5 Å². The average molecular weight is 341 g/mol. The van der Waals surface area contributed by atoms with Crippen LogP contribution in [0.4, 0.5) is 0 Å². The van der Waals surface area contributed by atoms with Crippen LogP contribution < -0.4 is 5.73 Å². The second kappa shape index (κ2) is 10.6. The molecule has 2 rings (SSSR count). The first-order valence-electron chi connectivity index (χ1n) is 7.65. The van der Waals surface area contributed by atoms with Crippen LogP contribution in [0.2, 0.25) is 0 Å². The highest BCUT2D eigenvalue weighted by atomic mass is 35.5. The summed E-state index contributed by atoms with van der Waals surface area (Å²) < 4.78 is 0. The molecule has 2 fully saturated rings. The van der Waals surface area contributed by atoms with Gasteiger partial charge < -0.3 is 10.6 Å². The maximum absolute atomic E-state index is 12.3. The van der Waals surface area contributed by atoms with Gasteiger partial charge in [-0.05, 0) is 26.2 Å². The molecule has 1 unspecified atom stereocenters. The maximum atomic E-state index is 12.3. The summed E-state index contributed by atoms with van der Waals surface area (Å²) in [5.74, 6) is 0.319. The van der Waals surface area contributed by atoms with Crippen molar-refractivity contribution in [2.75, 3.05) is 52.4 Å². The van der Waals surface area contributed by atoms with Crippen LogP contribution in [0.1, 0.15) is 26.2 Å². The number of amides is 1. The van der Waals surface area contributed by atoms with E-state index in [0.717, 1.165) is 52.2 Å². The fourth-order valence-electron chi connectivity index (χ4n) is 3.10. The molecule has 0 aromatic heterocycles. The minimum absolute atomic E-state index is 0. The van der Waals surface area contributed by atoms with Crippen LogP contribution in [0.5, 0.6) is 0 Å². The van der Waals surface area contributed by atoms with Gasteiger partial charge in [-0.15, -0.1) is 24.8 Å². The fraction of sp³-hybridized carbons (Fsp3) is 0.929. The highest BCUT2D eigenvalue weighted by molar-refractivity contribution is 5.85. The highest BCUT2D eigenvalue weighted by Gasteiger charge is 2.25. The first-order valence-corrected chi connectivity index (χ1v) is 7.65. The van der Waals surface area contributed by atoms with Gasteiger partial charge in [0, 0.05) is 51.9 Å². The molecule has 7 heteroatoms. The number of carbonyl (C=O) groups is 1. The van der Waals surface area contributed by atoms with Gasteiger partial charge in [0.25, 0.3) is 0 Å². The molecule has 0 saturated carbocycles. The SMILES string of the molecule is CC1CCCCN1C(=O)CN1CCN(CCN)CC1.Cl.Cl. The molecule has 0 aromatic rings. The molecule has 1 atom stereocenters. The Balaban J connectivity index is 0.00000200. The van der Waals surface area contributed by atoms with Crippen LogP contribution in [0, 0.1) is 0 Å². The third-order valence-electron chi connectivity index (χ3n) is 4.39. The zero-order valence-corrected chi connectivity index (χ0v) is 14.6. The Morgan fingerprint density at radius 3 is 2.24 bits per heavy atom. The molecule has 2 N–H and O–H groups in total. The monoisotopic (exact) mass is 340 g/mol. The van der Waals surface area contributed by atoms with E-state index in [2.05, 4.69) is 21.6 Å². The summed E-state index contributed by atoms with van der Waals surface area (Å²) in [6.45, 7) is 9.50. The van der Waals surface area contributed by atoms with E-state index < -0.39 is 0 Å². The lowest BCUT2D eigenvalue weighted by molar-refractivity contribution is -0.136. The average Bonchev–Trinajstić information content (AvgIpc) is 2.42. The van der Waals surface area contributed by atoms with Gasteiger partial charge in [0.15, 0.2) is 0 Å². The van der Waals surface area contributed by atoms with Gasteiger partial charge in [-0.3, -0.25) is 14.6 Å². The summed E-state index contributed by atoms with van der Waals surface area (Å²) in [5, 5.41) is 0. The lowest BCUT2D eigenvalue weighted by Gasteiger charge is -2.38. The van der Waals surface area contributed by atoms with Crippen LogP contribution in [-0.4, -0.2) is 79.0 Å². The minimum atomic E-state index is 0. The predicted molar refractivity (Wildman–Crippen MR) is 91.5 cm³/mol. The normalized spacial score (nSPS) is 24.1. The number of nitrogens with zero attached hydrogens (tertiary/aromatic N) is 3. The molecule has 1 amide bonds. The summed E-state index contributed by atoms with van der Waals surface area (Å²) in [4.78, 5) is 19.1. The molecule has 2 aliphatic rings. The Kier molecular flexibility index (Phi) is 10.6. The number of piperazine rings is 1. The van der Waals surface area contributed by atoms with E-state index >= 15 is 0 Å². The summed E-state index contributed by atoms with van der Waals surface area (Å²) >= 11 is 0. The van der Waals surface area contributed by atoms with Gasteiger partial charge in [-0.1, -0.05) is 0 Å². The van der Waals surface area contributed by atoms with Crippen molar-refractivity contribution in [1.82, 2.24) is 14.7 Å². The lowest BCUT2D eigenvalue weighted by Crippen LogP contribution is -2.52.